The Morgan fingerprint density at radius 1 is 0.923 bits per heavy atom. The van der Waals surface area contributed by atoms with E-state index >= 15 is 0 Å². The molecule has 0 fully saturated rings. The van der Waals surface area contributed by atoms with Crippen molar-refractivity contribution in [2.24, 2.45) is 0 Å². The van der Waals surface area contributed by atoms with Gasteiger partial charge in [-0.25, -0.2) is 0 Å². The Morgan fingerprint density at radius 3 is 1.62 bits per heavy atom. The van der Waals surface area contributed by atoms with Gasteiger partial charge in [-0.3, -0.25) is 4.98 Å². The van der Waals surface area contributed by atoms with E-state index in [0.29, 0.717) is 0 Å². The van der Waals surface area contributed by atoms with Crippen LogP contribution < -0.4 is 4.74 Å². The molecule has 0 aromatic carbocycles. The molecule has 26 heavy (non-hydrogen) atoms. The van der Waals surface area contributed by atoms with Crippen molar-refractivity contribution in [1.29, 1.82) is 26.3 Å². The quantitative estimate of drug-likeness (QED) is 0.387. The molecule has 0 bridgehead atoms. The summed E-state index contributed by atoms with van der Waals surface area (Å²) in [7, 11) is 0. The van der Waals surface area contributed by atoms with Gasteiger partial charge >= 0.3 is 17.1 Å². The molecule has 0 spiro atoms. The molecule has 1 radical (unpaired) electrons. The summed E-state index contributed by atoms with van der Waals surface area (Å²) in [6, 6.07) is 3.76. The average Bonchev–Trinajstić information content (AvgIpc) is 2.73. The second kappa shape index (κ2) is 43.2. The SMILES string of the molecule is CCC(CCC(C)Cl)Oc1ccncc1.[C-]#N.[C-]#N.[C-]#N.[C-]#N.[C-]#N.[Fe+5]. The number of pyridine rings is 1. The molecule has 0 saturated carbocycles. The van der Waals surface area contributed by atoms with Gasteiger partial charge in [-0.1, -0.05) is 6.92 Å². The zero-order valence-corrected chi connectivity index (χ0v) is 16.3. The topological polar surface area (TPSA) is 141 Å². The molecule has 1 aromatic heterocycles. The molecule has 1 heterocycles. The summed E-state index contributed by atoms with van der Waals surface area (Å²) >= 11 is 5.92. The minimum atomic E-state index is 0. The van der Waals surface area contributed by atoms with Gasteiger partial charge in [-0.15, -0.1) is 11.6 Å². The third-order valence-corrected chi connectivity index (χ3v) is 2.51. The Bertz CT molecular complexity index is 425. The molecule has 137 valence electrons. The number of aromatic nitrogens is 1. The summed E-state index contributed by atoms with van der Waals surface area (Å²) in [6.45, 7) is 27.9. The number of alkyl halides is 1. The van der Waals surface area contributed by atoms with Crippen molar-refractivity contribution in [1.82, 2.24) is 4.98 Å². The number of halogens is 1. The van der Waals surface area contributed by atoms with Crippen molar-refractivity contribution < 1.29 is 21.8 Å². The zero-order valence-electron chi connectivity index (χ0n) is 14.4. The van der Waals surface area contributed by atoms with Crippen LogP contribution in [0.3, 0.4) is 0 Å². The third kappa shape index (κ3) is 33.0. The first-order chi connectivity index (χ1) is 12.2. The maximum absolute atomic E-state index is 6.25. The van der Waals surface area contributed by atoms with Crippen LogP contribution >= 0.6 is 11.6 Å². The molecular formula is C17H18ClFeN6O. The predicted molar refractivity (Wildman–Crippen MR) is 88.3 cm³/mol. The van der Waals surface area contributed by atoms with Crippen LogP contribution in [0.25, 0.3) is 0 Å². The first-order valence-corrected chi connectivity index (χ1v) is 6.98. The van der Waals surface area contributed by atoms with Crippen LogP contribution in [0.5, 0.6) is 5.75 Å². The number of hydrogen-bond acceptors (Lipinski definition) is 7. The summed E-state index contributed by atoms with van der Waals surface area (Å²) < 4.78 is 5.82. The maximum Gasteiger partial charge on any atom is 5.00 e. The smallest absolute Gasteiger partial charge is 0.512 e. The minimum Gasteiger partial charge on any atom is -0.512 e. The molecule has 0 aliphatic heterocycles. The van der Waals surface area contributed by atoms with Crippen LogP contribution in [0.1, 0.15) is 33.1 Å². The molecule has 1 rings (SSSR count). The zero-order chi connectivity index (χ0) is 21.1. The summed E-state index contributed by atoms with van der Waals surface area (Å²) in [4.78, 5) is 3.95. The predicted octanol–water partition coefficient (Wildman–Crippen LogP) is 4.13. The van der Waals surface area contributed by atoms with E-state index in [4.69, 9.17) is 75.5 Å². The third-order valence-electron chi connectivity index (χ3n) is 2.29. The van der Waals surface area contributed by atoms with E-state index in [1.165, 1.54) is 0 Å². The van der Waals surface area contributed by atoms with Crippen LogP contribution in [0.2, 0.25) is 0 Å². The van der Waals surface area contributed by atoms with Crippen molar-refractivity contribution in [2.75, 3.05) is 0 Å². The van der Waals surface area contributed by atoms with Gasteiger partial charge in [0.25, 0.3) is 0 Å². The summed E-state index contributed by atoms with van der Waals surface area (Å²) in [5.74, 6) is 0.888. The van der Waals surface area contributed by atoms with Crippen molar-refractivity contribution >= 4 is 11.6 Å². The summed E-state index contributed by atoms with van der Waals surface area (Å²) in [6.07, 6.45) is 6.74. The van der Waals surface area contributed by atoms with Crippen molar-refractivity contribution in [3.8, 4) is 5.75 Å². The Labute approximate surface area is 172 Å². The molecule has 0 aliphatic rings. The van der Waals surface area contributed by atoms with Crippen molar-refractivity contribution in [2.45, 2.75) is 44.6 Å². The van der Waals surface area contributed by atoms with Crippen LogP contribution in [0, 0.1) is 59.2 Å². The van der Waals surface area contributed by atoms with Crippen LogP contribution in [0.4, 0.5) is 0 Å². The van der Waals surface area contributed by atoms with Gasteiger partial charge in [0, 0.05) is 17.8 Å². The molecule has 0 N–H and O–H groups in total. The molecule has 0 saturated heterocycles. The van der Waals surface area contributed by atoms with Crippen LogP contribution in [-0.4, -0.2) is 16.5 Å². The van der Waals surface area contributed by atoms with Gasteiger partial charge in [0.05, 0.1) is 6.10 Å². The summed E-state index contributed by atoms with van der Waals surface area (Å²) in [5.41, 5.74) is 0. The van der Waals surface area contributed by atoms with Crippen molar-refractivity contribution in [3.05, 3.63) is 57.4 Å². The fourth-order valence-electron chi connectivity index (χ4n) is 1.37. The number of rotatable bonds is 6. The fourth-order valence-corrected chi connectivity index (χ4v) is 1.50. The molecular weight excluding hydrogens is 396 g/mol. The van der Waals surface area contributed by atoms with Gasteiger partial charge in [-0.2, -0.15) is 0 Å². The van der Waals surface area contributed by atoms with Crippen LogP contribution in [0.15, 0.2) is 24.5 Å². The molecule has 0 amide bonds. The van der Waals surface area contributed by atoms with E-state index in [0.717, 1.165) is 25.0 Å². The molecule has 2 atom stereocenters. The first kappa shape index (κ1) is 38.7. The number of ether oxygens (including phenoxy) is 1. The van der Waals surface area contributed by atoms with E-state index in [-0.39, 0.29) is 28.5 Å². The average molecular weight is 414 g/mol. The Hall–Kier alpha value is -2.79. The first-order valence-electron chi connectivity index (χ1n) is 6.55. The van der Waals surface area contributed by atoms with Crippen LogP contribution in [-0.2, 0) is 17.1 Å². The van der Waals surface area contributed by atoms with Gasteiger partial charge in [0.2, 0.25) is 0 Å². The van der Waals surface area contributed by atoms with Crippen molar-refractivity contribution in [3.63, 3.8) is 0 Å². The number of hydrogen-bond donors (Lipinski definition) is 0. The molecule has 7 nitrogen and oxygen atoms in total. The molecule has 0 aliphatic carbocycles. The van der Waals surface area contributed by atoms with Gasteiger partial charge in [0.1, 0.15) is 5.75 Å². The maximum atomic E-state index is 6.25. The van der Waals surface area contributed by atoms with E-state index < -0.39 is 0 Å². The fraction of sp³-hybridized carbons (Fsp3) is 0.412. The van der Waals surface area contributed by atoms with Gasteiger partial charge < -0.3 is 63.9 Å². The Morgan fingerprint density at radius 2 is 1.31 bits per heavy atom. The van der Waals surface area contributed by atoms with E-state index in [1.807, 2.05) is 19.1 Å². The van der Waals surface area contributed by atoms with E-state index in [9.17, 15) is 0 Å². The van der Waals surface area contributed by atoms with E-state index in [1.54, 1.807) is 12.4 Å². The molecule has 2 unspecified atom stereocenters. The summed E-state index contributed by atoms with van der Waals surface area (Å²) in [5, 5.41) is 31.5. The van der Waals surface area contributed by atoms with Gasteiger partial charge in [0.15, 0.2) is 0 Å². The normalized spacial score (nSPS) is 8.81. The largest absolute Gasteiger partial charge is 5.00 e. The minimum absolute atomic E-state index is 0. The van der Waals surface area contributed by atoms with E-state index in [2.05, 4.69) is 11.9 Å². The molecule has 9 heteroatoms. The monoisotopic (exact) mass is 413 g/mol. The Kier molecular flexibility index (Phi) is 64.2. The second-order valence-electron chi connectivity index (χ2n) is 3.69. The number of nitrogens with zero attached hydrogens (tertiary/aromatic N) is 6. The molecule has 1 aromatic rings. The standard InChI is InChI=1S/C12H18ClNO.5CN.Fe/c1-3-11(5-4-10(2)13)15-12-6-8-14-9-7-12;5*1-2;/h6-11H,3-5H2,1-2H3;;;;;;/q;5*-1;+5. The Balaban J connectivity index is -0.0000000786. The second-order valence-corrected chi connectivity index (χ2v) is 4.43. The van der Waals surface area contributed by atoms with Gasteiger partial charge in [-0.05, 0) is 38.3 Å².